The van der Waals surface area contributed by atoms with Crippen molar-refractivity contribution in [1.82, 2.24) is 24.6 Å². The second-order valence-corrected chi connectivity index (χ2v) is 9.19. The normalized spacial score (nSPS) is 14.9. The van der Waals surface area contributed by atoms with Crippen molar-refractivity contribution in [2.75, 3.05) is 26.2 Å². The number of benzene rings is 2. The van der Waals surface area contributed by atoms with Gasteiger partial charge in [-0.2, -0.15) is 5.10 Å². The molecule has 1 fully saturated rings. The first-order valence-corrected chi connectivity index (χ1v) is 11.5. The van der Waals surface area contributed by atoms with Gasteiger partial charge in [0.1, 0.15) is 10.8 Å². The average Bonchev–Trinajstić information content (AvgIpc) is 3.34. The van der Waals surface area contributed by atoms with Crippen LogP contribution in [0, 0.1) is 19.7 Å². The summed E-state index contributed by atoms with van der Waals surface area (Å²) in [5, 5.41) is 5.66. The van der Waals surface area contributed by atoms with Gasteiger partial charge < -0.3 is 4.90 Å². The molecule has 1 aliphatic heterocycles. The van der Waals surface area contributed by atoms with E-state index < -0.39 is 0 Å². The maximum atomic E-state index is 13.3. The number of aromatic nitrogens is 3. The summed E-state index contributed by atoms with van der Waals surface area (Å²) in [5.41, 5.74) is 3.89. The Bertz CT molecular complexity index is 1240. The van der Waals surface area contributed by atoms with Gasteiger partial charge in [-0.3, -0.25) is 9.69 Å². The molecule has 0 spiro atoms. The van der Waals surface area contributed by atoms with Gasteiger partial charge in [-0.25, -0.2) is 14.1 Å². The number of piperazine rings is 1. The molecule has 0 unspecified atom stereocenters. The molecule has 2 aromatic heterocycles. The van der Waals surface area contributed by atoms with Gasteiger partial charge in [-0.05, 0) is 50.2 Å². The SMILES string of the molecule is Cc1nn(-c2ccc(F)cc2)c(C)c1C(=O)N1CCN(Cc2nc3ccccc3s2)CC1. The molecule has 4 aromatic rings. The molecule has 5 rings (SSSR count). The third kappa shape index (κ3) is 3.91. The number of rotatable bonds is 4. The van der Waals surface area contributed by atoms with E-state index in [1.54, 1.807) is 28.2 Å². The number of para-hydroxylation sites is 1. The topological polar surface area (TPSA) is 54.3 Å². The molecule has 3 heterocycles. The zero-order valence-corrected chi connectivity index (χ0v) is 18.9. The van der Waals surface area contributed by atoms with Gasteiger partial charge in [0, 0.05) is 26.2 Å². The van der Waals surface area contributed by atoms with Crippen molar-refractivity contribution in [3.63, 3.8) is 0 Å². The van der Waals surface area contributed by atoms with Crippen LogP contribution in [0.25, 0.3) is 15.9 Å². The van der Waals surface area contributed by atoms with Crippen molar-refractivity contribution in [1.29, 1.82) is 0 Å². The molecular weight excluding hydrogens is 425 g/mol. The Labute approximate surface area is 189 Å². The van der Waals surface area contributed by atoms with E-state index in [9.17, 15) is 9.18 Å². The number of aryl methyl sites for hydroxylation is 1. The first kappa shape index (κ1) is 20.8. The number of hydrogen-bond donors (Lipinski definition) is 0. The highest BCUT2D eigenvalue weighted by molar-refractivity contribution is 7.18. The number of nitrogens with zero attached hydrogens (tertiary/aromatic N) is 5. The summed E-state index contributed by atoms with van der Waals surface area (Å²) in [6.07, 6.45) is 0. The molecule has 1 saturated heterocycles. The number of thiazole rings is 1. The maximum Gasteiger partial charge on any atom is 0.257 e. The van der Waals surface area contributed by atoms with Crippen molar-refractivity contribution in [3.8, 4) is 5.69 Å². The van der Waals surface area contributed by atoms with Crippen LogP contribution in [0.3, 0.4) is 0 Å². The molecule has 6 nitrogen and oxygen atoms in total. The van der Waals surface area contributed by atoms with Gasteiger partial charge in [0.15, 0.2) is 0 Å². The van der Waals surface area contributed by atoms with Crippen molar-refractivity contribution in [2.45, 2.75) is 20.4 Å². The van der Waals surface area contributed by atoms with Crippen molar-refractivity contribution in [3.05, 3.63) is 76.3 Å². The fourth-order valence-electron chi connectivity index (χ4n) is 4.23. The van der Waals surface area contributed by atoms with Crippen LogP contribution < -0.4 is 0 Å². The smallest absolute Gasteiger partial charge is 0.257 e. The van der Waals surface area contributed by atoms with Crippen LogP contribution in [0.4, 0.5) is 4.39 Å². The molecule has 0 bridgehead atoms. The predicted octanol–water partition coefficient (Wildman–Crippen LogP) is 4.20. The molecule has 32 heavy (non-hydrogen) atoms. The molecule has 0 saturated carbocycles. The number of amides is 1. The quantitative estimate of drug-likeness (QED) is 0.469. The lowest BCUT2D eigenvalue weighted by Crippen LogP contribution is -2.48. The molecule has 0 N–H and O–H groups in total. The van der Waals surface area contributed by atoms with Gasteiger partial charge in [0.05, 0.1) is 39.4 Å². The first-order chi connectivity index (χ1) is 15.5. The molecule has 0 atom stereocenters. The van der Waals surface area contributed by atoms with Crippen LogP contribution in [0.15, 0.2) is 48.5 Å². The minimum absolute atomic E-state index is 0.00741. The summed E-state index contributed by atoms with van der Waals surface area (Å²) in [6.45, 7) is 7.51. The van der Waals surface area contributed by atoms with E-state index >= 15 is 0 Å². The lowest BCUT2D eigenvalue weighted by molar-refractivity contribution is 0.0627. The second kappa shape index (κ2) is 8.44. The summed E-state index contributed by atoms with van der Waals surface area (Å²) in [6, 6.07) is 14.3. The van der Waals surface area contributed by atoms with Crippen LogP contribution in [0.1, 0.15) is 26.8 Å². The number of carbonyl (C=O) groups excluding carboxylic acids is 1. The van der Waals surface area contributed by atoms with Crippen LogP contribution >= 0.6 is 11.3 Å². The highest BCUT2D eigenvalue weighted by Gasteiger charge is 2.27. The first-order valence-electron chi connectivity index (χ1n) is 10.7. The number of halogens is 1. The minimum Gasteiger partial charge on any atom is -0.336 e. The molecule has 164 valence electrons. The molecule has 1 aliphatic rings. The van der Waals surface area contributed by atoms with Gasteiger partial charge in [0.25, 0.3) is 5.91 Å². The number of carbonyl (C=O) groups is 1. The van der Waals surface area contributed by atoms with E-state index in [0.717, 1.165) is 41.5 Å². The van der Waals surface area contributed by atoms with Crippen LogP contribution in [0.5, 0.6) is 0 Å². The fourth-order valence-corrected chi connectivity index (χ4v) is 5.24. The summed E-state index contributed by atoms with van der Waals surface area (Å²) in [4.78, 5) is 22.3. The van der Waals surface area contributed by atoms with Gasteiger partial charge in [-0.15, -0.1) is 11.3 Å². The Balaban J connectivity index is 1.26. The van der Waals surface area contributed by atoms with E-state index in [1.807, 2.05) is 36.9 Å². The van der Waals surface area contributed by atoms with E-state index in [4.69, 9.17) is 4.98 Å². The van der Waals surface area contributed by atoms with Crippen LogP contribution in [0.2, 0.25) is 0 Å². The van der Waals surface area contributed by atoms with E-state index in [0.29, 0.717) is 24.3 Å². The Morgan fingerprint density at radius 3 is 2.47 bits per heavy atom. The highest BCUT2D eigenvalue weighted by atomic mass is 32.1. The standard InChI is InChI=1S/C24H24FN5OS/c1-16-23(17(2)30(27-16)19-9-7-18(25)8-10-19)24(31)29-13-11-28(12-14-29)15-22-26-20-5-3-4-6-21(20)32-22/h3-10H,11-15H2,1-2H3. The zero-order valence-electron chi connectivity index (χ0n) is 18.1. The fraction of sp³-hybridized carbons (Fsp3) is 0.292. The molecule has 1 amide bonds. The second-order valence-electron chi connectivity index (χ2n) is 8.08. The van der Waals surface area contributed by atoms with Gasteiger partial charge in [-0.1, -0.05) is 12.1 Å². The largest absolute Gasteiger partial charge is 0.336 e. The monoisotopic (exact) mass is 449 g/mol. The van der Waals surface area contributed by atoms with Crippen LogP contribution in [-0.4, -0.2) is 56.7 Å². The average molecular weight is 450 g/mol. The summed E-state index contributed by atoms with van der Waals surface area (Å²) < 4.78 is 16.2. The Kier molecular flexibility index (Phi) is 5.48. The van der Waals surface area contributed by atoms with Gasteiger partial charge >= 0.3 is 0 Å². The highest BCUT2D eigenvalue weighted by Crippen LogP contribution is 2.24. The molecule has 0 radical (unpaired) electrons. The predicted molar refractivity (Wildman–Crippen MR) is 124 cm³/mol. The Morgan fingerprint density at radius 1 is 1.03 bits per heavy atom. The lowest BCUT2D eigenvalue weighted by atomic mass is 10.1. The maximum absolute atomic E-state index is 13.3. The lowest BCUT2D eigenvalue weighted by Gasteiger charge is -2.34. The minimum atomic E-state index is -0.296. The van der Waals surface area contributed by atoms with Crippen molar-refractivity contribution < 1.29 is 9.18 Å². The third-order valence-corrected chi connectivity index (χ3v) is 6.95. The molecule has 8 heteroatoms. The van der Waals surface area contributed by atoms with Crippen LogP contribution in [-0.2, 0) is 6.54 Å². The summed E-state index contributed by atoms with van der Waals surface area (Å²) in [7, 11) is 0. The molecule has 2 aromatic carbocycles. The zero-order chi connectivity index (χ0) is 22.2. The number of fused-ring (bicyclic) bond motifs is 1. The van der Waals surface area contributed by atoms with E-state index in [2.05, 4.69) is 16.1 Å². The molecule has 0 aliphatic carbocycles. The van der Waals surface area contributed by atoms with E-state index in [1.165, 1.54) is 16.8 Å². The Hall–Kier alpha value is -3.10. The van der Waals surface area contributed by atoms with Crippen molar-refractivity contribution in [2.24, 2.45) is 0 Å². The van der Waals surface area contributed by atoms with E-state index in [-0.39, 0.29) is 11.7 Å². The molecular formula is C24H24FN5OS. The third-order valence-electron chi connectivity index (χ3n) is 5.93. The summed E-state index contributed by atoms with van der Waals surface area (Å²) in [5.74, 6) is -0.289. The number of hydrogen-bond acceptors (Lipinski definition) is 5. The van der Waals surface area contributed by atoms with Gasteiger partial charge in [0.2, 0.25) is 0 Å². The Morgan fingerprint density at radius 2 is 1.75 bits per heavy atom. The summed E-state index contributed by atoms with van der Waals surface area (Å²) >= 11 is 1.73. The van der Waals surface area contributed by atoms with Crippen molar-refractivity contribution >= 4 is 27.5 Å².